The Morgan fingerprint density at radius 1 is 0.903 bits per heavy atom. The molecule has 2 rings (SSSR count). The monoisotopic (exact) mass is 447 g/mol. The van der Waals surface area contributed by atoms with E-state index in [-0.39, 0.29) is 29.7 Å². The van der Waals surface area contributed by atoms with Gasteiger partial charge in [-0.2, -0.15) is 0 Å². The highest BCUT2D eigenvalue weighted by molar-refractivity contribution is 7.89. The predicted octanol–water partition coefficient (Wildman–Crippen LogP) is 0.860. The van der Waals surface area contributed by atoms with Gasteiger partial charge in [-0.05, 0) is 36.8 Å². The fourth-order valence-corrected chi connectivity index (χ4v) is 3.54. The molecule has 3 N–H and O–H groups in total. The quantitative estimate of drug-likeness (QED) is 0.346. The Morgan fingerprint density at radius 3 is 2.10 bits per heavy atom. The Kier molecular flexibility index (Phi) is 8.86. The number of carbonyl (C=O) groups excluding carboxylic acids is 3. The molecule has 2 aromatic rings. The van der Waals surface area contributed by atoms with Crippen LogP contribution in [0.5, 0.6) is 0 Å². The van der Waals surface area contributed by atoms with Crippen molar-refractivity contribution in [2.75, 3.05) is 26.8 Å². The fraction of sp³-hybridized carbons (Fsp3) is 0.286. The van der Waals surface area contributed by atoms with E-state index in [0.717, 1.165) is 0 Å². The highest BCUT2D eigenvalue weighted by atomic mass is 32.2. The minimum atomic E-state index is -3.75. The molecule has 0 bridgehead atoms. The van der Waals surface area contributed by atoms with Crippen LogP contribution in [0.25, 0.3) is 0 Å². The van der Waals surface area contributed by atoms with Gasteiger partial charge in [-0.1, -0.05) is 24.3 Å². The zero-order valence-corrected chi connectivity index (χ0v) is 18.1. The van der Waals surface area contributed by atoms with Crippen LogP contribution in [-0.4, -0.2) is 52.8 Å². The lowest BCUT2D eigenvalue weighted by Crippen LogP contribution is -2.38. The van der Waals surface area contributed by atoms with E-state index in [1.165, 1.54) is 38.3 Å². The summed E-state index contributed by atoms with van der Waals surface area (Å²) >= 11 is 0. The van der Waals surface area contributed by atoms with E-state index in [9.17, 15) is 22.8 Å². The molecule has 9 nitrogen and oxygen atoms in total. The van der Waals surface area contributed by atoms with Gasteiger partial charge in [-0.25, -0.2) is 13.1 Å². The summed E-state index contributed by atoms with van der Waals surface area (Å²) in [6, 6.07) is 12.0. The Balaban J connectivity index is 1.88. The molecule has 0 atom stereocenters. The van der Waals surface area contributed by atoms with Gasteiger partial charge in [0, 0.05) is 31.3 Å². The average Bonchev–Trinajstić information content (AvgIpc) is 2.76. The van der Waals surface area contributed by atoms with Gasteiger partial charge in [-0.15, -0.1) is 0 Å². The van der Waals surface area contributed by atoms with Gasteiger partial charge in [-0.3, -0.25) is 14.4 Å². The number of Topliss-reactive ketones (excluding diaryl/α,β-unsaturated/α-hetero) is 1. The molecule has 2 amide bonds. The van der Waals surface area contributed by atoms with Crippen LogP contribution in [0.3, 0.4) is 0 Å². The number of nitrogens with one attached hydrogen (secondary N) is 3. The molecule has 0 spiro atoms. The van der Waals surface area contributed by atoms with Crippen molar-refractivity contribution in [1.29, 1.82) is 0 Å². The lowest BCUT2D eigenvalue weighted by molar-refractivity contribution is -0.120. The highest BCUT2D eigenvalue weighted by Crippen LogP contribution is 2.12. The van der Waals surface area contributed by atoms with Gasteiger partial charge in [0.15, 0.2) is 5.78 Å². The topological polar surface area (TPSA) is 131 Å². The van der Waals surface area contributed by atoms with Gasteiger partial charge < -0.3 is 15.4 Å². The molecule has 0 saturated heterocycles. The van der Waals surface area contributed by atoms with Crippen LogP contribution in [-0.2, 0) is 26.1 Å². The predicted molar refractivity (Wildman–Crippen MR) is 114 cm³/mol. The molecule has 0 unspecified atom stereocenters. The lowest BCUT2D eigenvalue weighted by Gasteiger charge is -2.09. The summed E-state index contributed by atoms with van der Waals surface area (Å²) in [4.78, 5) is 35.1. The first kappa shape index (κ1) is 24.2. The fourth-order valence-electron chi connectivity index (χ4n) is 2.52. The van der Waals surface area contributed by atoms with E-state index < -0.39 is 15.9 Å². The molecule has 0 aromatic heterocycles. The molecule has 0 aliphatic heterocycles. The molecular formula is C21H25N3O6S. The molecule has 0 fully saturated rings. The van der Waals surface area contributed by atoms with E-state index >= 15 is 0 Å². The normalized spacial score (nSPS) is 11.0. The first-order chi connectivity index (χ1) is 14.7. The van der Waals surface area contributed by atoms with Crippen LogP contribution in [0.15, 0.2) is 53.4 Å². The van der Waals surface area contributed by atoms with E-state index in [2.05, 4.69) is 15.4 Å². The smallest absolute Gasteiger partial charge is 0.251 e. The number of methoxy groups -OCH3 is 1. The van der Waals surface area contributed by atoms with Crippen molar-refractivity contribution in [2.45, 2.75) is 18.4 Å². The third kappa shape index (κ3) is 7.59. The summed E-state index contributed by atoms with van der Waals surface area (Å²) in [5.74, 6) is -0.889. The van der Waals surface area contributed by atoms with Gasteiger partial charge in [0.2, 0.25) is 15.9 Å². The summed E-state index contributed by atoms with van der Waals surface area (Å²) < 4.78 is 32.1. The van der Waals surface area contributed by atoms with Crippen LogP contribution in [0.2, 0.25) is 0 Å². The number of hydrogen-bond donors (Lipinski definition) is 3. The molecular weight excluding hydrogens is 422 g/mol. The Bertz CT molecular complexity index is 1020. The number of benzene rings is 2. The van der Waals surface area contributed by atoms with Gasteiger partial charge >= 0.3 is 0 Å². The van der Waals surface area contributed by atoms with Crippen molar-refractivity contribution in [3.63, 3.8) is 0 Å². The molecule has 0 aliphatic rings. The second kappa shape index (κ2) is 11.3. The number of rotatable bonds is 11. The second-order valence-corrected chi connectivity index (χ2v) is 8.39. The van der Waals surface area contributed by atoms with Crippen molar-refractivity contribution in [3.05, 3.63) is 65.2 Å². The summed E-state index contributed by atoms with van der Waals surface area (Å²) in [5.41, 5.74) is 1.43. The number of amides is 2. The Morgan fingerprint density at radius 2 is 1.52 bits per heavy atom. The van der Waals surface area contributed by atoms with E-state index in [0.29, 0.717) is 29.8 Å². The SMILES string of the molecule is COCCNC(=O)CNC(=O)c1ccc(CNS(=O)(=O)c2ccc(C(C)=O)cc2)cc1. The largest absolute Gasteiger partial charge is 0.383 e. The number of ketones is 1. The van der Waals surface area contributed by atoms with Gasteiger partial charge in [0.1, 0.15) is 0 Å². The number of carbonyl (C=O) groups is 3. The molecule has 0 heterocycles. The first-order valence-corrected chi connectivity index (χ1v) is 10.9. The zero-order chi connectivity index (χ0) is 22.9. The number of ether oxygens (including phenoxy) is 1. The van der Waals surface area contributed by atoms with Crippen LogP contribution >= 0.6 is 0 Å². The minimum Gasteiger partial charge on any atom is -0.383 e. The van der Waals surface area contributed by atoms with Crippen molar-refractivity contribution in [3.8, 4) is 0 Å². The maximum absolute atomic E-state index is 12.4. The highest BCUT2D eigenvalue weighted by Gasteiger charge is 2.14. The summed E-state index contributed by atoms with van der Waals surface area (Å²) in [7, 11) is -2.23. The molecule has 0 aliphatic carbocycles. The average molecular weight is 448 g/mol. The lowest BCUT2D eigenvalue weighted by atomic mass is 10.1. The van der Waals surface area contributed by atoms with Crippen LogP contribution in [0, 0.1) is 0 Å². The summed E-state index contributed by atoms with van der Waals surface area (Å²) in [5, 5.41) is 5.10. The van der Waals surface area contributed by atoms with Crippen molar-refractivity contribution in [1.82, 2.24) is 15.4 Å². The molecule has 166 valence electrons. The van der Waals surface area contributed by atoms with E-state index in [1.54, 1.807) is 24.3 Å². The third-order valence-electron chi connectivity index (χ3n) is 4.29. The second-order valence-electron chi connectivity index (χ2n) is 6.63. The standard InChI is InChI=1S/C21H25N3O6S/c1-15(25)17-7-9-19(10-8-17)31(28,29)24-13-16-3-5-18(6-4-16)21(27)23-14-20(26)22-11-12-30-2/h3-10,24H,11-14H2,1-2H3,(H,22,26)(H,23,27). The minimum absolute atomic E-state index is 0.0284. The van der Waals surface area contributed by atoms with Crippen molar-refractivity contribution >= 4 is 27.6 Å². The first-order valence-electron chi connectivity index (χ1n) is 9.46. The van der Waals surface area contributed by atoms with Crippen LogP contribution in [0.1, 0.15) is 33.2 Å². The maximum atomic E-state index is 12.4. The van der Waals surface area contributed by atoms with Crippen molar-refractivity contribution in [2.24, 2.45) is 0 Å². The number of sulfonamides is 1. The Hall–Kier alpha value is -3.08. The molecule has 0 saturated carbocycles. The summed E-state index contributed by atoms with van der Waals surface area (Å²) in [6.07, 6.45) is 0. The van der Waals surface area contributed by atoms with Crippen LogP contribution < -0.4 is 15.4 Å². The van der Waals surface area contributed by atoms with E-state index in [4.69, 9.17) is 4.74 Å². The molecule has 31 heavy (non-hydrogen) atoms. The van der Waals surface area contributed by atoms with E-state index in [1.807, 2.05) is 0 Å². The van der Waals surface area contributed by atoms with Gasteiger partial charge in [0.25, 0.3) is 5.91 Å². The summed E-state index contributed by atoms with van der Waals surface area (Å²) in [6.45, 7) is 2.02. The maximum Gasteiger partial charge on any atom is 0.251 e. The molecule has 10 heteroatoms. The Labute approximate surface area is 181 Å². The molecule has 0 radical (unpaired) electrons. The molecule has 2 aromatic carbocycles. The zero-order valence-electron chi connectivity index (χ0n) is 17.3. The van der Waals surface area contributed by atoms with Crippen LogP contribution in [0.4, 0.5) is 0 Å². The number of hydrogen-bond acceptors (Lipinski definition) is 6. The van der Waals surface area contributed by atoms with Gasteiger partial charge in [0.05, 0.1) is 18.0 Å². The third-order valence-corrected chi connectivity index (χ3v) is 5.71. The van der Waals surface area contributed by atoms with Crippen molar-refractivity contribution < 1.29 is 27.5 Å².